The van der Waals surface area contributed by atoms with Gasteiger partial charge in [-0.25, -0.2) is 0 Å². The van der Waals surface area contributed by atoms with Gasteiger partial charge in [0.25, 0.3) is 0 Å². The number of aliphatic imine (C=N–C) groups is 1. The first kappa shape index (κ1) is 16.5. The minimum Gasteiger partial charge on any atom is -0.356 e. The summed E-state index contributed by atoms with van der Waals surface area (Å²) in [6, 6.07) is 4.91. The third-order valence-electron chi connectivity index (χ3n) is 4.29. The molecule has 0 bridgehead atoms. The molecule has 8 heteroatoms. The Morgan fingerprint density at radius 1 is 1.42 bits per heavy atom. The van der Waals surface area contributed by atoms with Crippen LogP contribution in [-0.2, 0) is 15.8 Å². The van der Waals surface area contributed by atoms with E-state index in [2.05, 4.69) is 10.3 Å². The molecule has 1 saturated heterocycles. The number of nitrogens with zero attached hydrogens (tertiary/aromatic N) is 2. The van der Waals surface area contributed by atoms with E-state index in [1.54, 1.807) is 13.0 Å². The Balaban J connectivity index is 1.99. The van der Waals surface area contributed by atoms with Gasteiger partial charge in [0.05, 0.1) is 5.56 Å². The number of benzene rings is 1. The first-order valence-electron chi connectivity index (χ1n) is 7.62. The van der Waals surface area contributed by atoms with Crippen molar-refractivity contribution in [3.63, 3.8) is 0 Å². The second kappa shape index (κ2) is 5.92. The Bertz CT molecular complexity index is 715. The number of hydrogen-bond acceptors (Lipinski definition) is 3. The summed E-state index contributed by atoms with van der Waals surface area (Å²) in [4.78, 5) is 29.8. The fraction of sp³-hybridized carbons (Fsp3) is 0.438. The number of amides is 2. The number of alkyl halides is 3. The van der Waals surface area contributed by atoms with Gasteiger partial charge in [-0.15, -0.1) is 0 Å². The van der Waals surface area contributed by atoms with Gasteiger partial charge in [0.15, 0.2) is 0 Å². The van der Waals surface area contributed by atoms with Gasteiger partial charge in [0, 0.05) is 19.0 Å². The van der Waals surface area contributed by atoms with Crippen LogP contribution in [0.4, 0.5) is 13.2 Å². The lowest BCUT2D eigenvalue weighted by molar-refractivity contribution is -0.137. The molecule has 1 N–H and O–H groups in total. The van der Waals surface area contributed by atoms with Crippen LogP contribution in [0.15, 0.2) is 29.3 Å². The fourth-order valence-electron chi connectivity index (χ4n) is 3.22. The van der Waals surface area contributed by atoms with E-state index in [0.717, 1.165) is 12.1 Å². The average molecular weight is 339 g/mol. The van der Waals surface area contributed by atoms with E-state index < -0.39 is 23.6 Å². The van der Waals surface area contributed by atoms with Crippen molar-refractivity contribution in [3.05, 3.63) is 35.4 Å². The third-order valence-corrected chi connectivity index (χ3v) is 4.29. The first-order valence-corrected chi connectivity index (χ1v) is 7.62. The molecule has 0 radical (unpaired) electrons. The highest BCUT2D eigenvalue weighted by Gasteiger charge is 2.48. The number of nitrogens with one attached hydrogen (secondary N) is 1. The number of carbonyl (C=O) groups is 2. The number of amidine groups is 1. The molecule has 0 spiro atoms. The lowest BCUT2D eigenvalue weighted by atomic mass is 9.86. The maximum Gasteiger partial charge on any atom is 0.416 e. The Kier molecular flexibility index (Phi) is 4.06. The van der Waals surface area contributed by atoms with Crippen LogP contribution in [0, 0.1) is 5.92 Å². The molecule has 2 aliphatic rings. The van der Waals surface area contributed by atoms with Crippen LogP contribution in [0.25, 0.3) is 0 Å². The zero-order valence-corrected chi connectivity index (χ0v) is 12.9. The first-order chi connectivity index (χ1) is 11.3. The molecule has 2 heterocycles. The van der Waals surface area contributed by atoms with Gasteiger partial charge >= 0.3 is 6.18 Å². The van der Waals surface area contributed by atoms with E-state index in [4.69, 9.17) is 0 Å². The summed E-state index contributed by atoms with van der Waals surface area (Å²) in [6.45, 7) is 2.30. The van der Waals surface area contributed by atoms with Gasteiger partial charge in [-0.05, 0) is 18.6 Å². The second-order valence-corrected chi connectivity index (χ2v) is 5.78. The highest BCUT2D eigenvalue weighted by Crippen LogP contribution is 2.39. The van der Waals surface area contributed by atoms with Crippen molar-refractivity contribution in [2.24, 2.45) is 10.9 Å². The van der Waals surface area contributed by atoms with Crippen molar-refractivity contribution in [1.82, 2.24) is 10.2 Å². The molecule has 2 unspecified atom stereocenters. The summed E-state index contributed by atoms with van der Waals surface area (Å²) in [5.74, 6) is -1.49. The van der Waals surface area contributed by atoms with Gasteiger partial charge in [-0.2, -0.15) is 13.2 Å². The Hall–Kier alpha value is -2.38. The lowest BCUT2D eigenvalue weighted by Gasteiger charge is -2.19. The molecule has 1 aromatic rings. The molecular weight excluding hydrogens is 323 g/mol. The average Bonchev–Trinajstić information content (AvgIpc) is 3.07. The van der Waals surface area contributed by atoms with Crippen LogP contribution in [0.2, 0.25) is 0 Å². The topological polar surface area (TPSA) is 61.8 Å². The van der Waals surface area contributed by atoms with Gasteiger partial charge in [0.1, 0.15) is 18.3 Å². The monoisotopic (exact) mass is 339 g/mol. The van der Waals surface area contributed by atoms with Crippen molar-refractivity contribution >= 4 is 17.6 Å². The van der Waals surface area contributed by atoms with Gasteiger partial charge < -0.3 is 5.32 Å². The molecule has 1 fully saturated rings. The molecule has 0 aliphatic carbocycles. The predicted octanol–water partition coefficient (Wildman–Crippen LogP) is 1.80. The summed E-state index contributed by atoms with van der Waals surface area (Å²) in [6.07, 6.45) is -4.46. The van der Waals surface area contributed by atoms with E-state index in [0.29, 0.717) is 17.9 Å². The highest BCUT2D eigenvalue weighted by atomic mass is 19.4. The summed E-state index contributed by atoms with van der Waals surface area (Å²) >= 11 is 0. The number of fused-ring (bicyclic) bond motifs is 1. The van der Waals surface area contributed by atoms with Crippen LogP contribution < -0.4 is 5.32 Å². The molecule has 5 nitrogen and oxygen atoms in total. The molecule has 2 atom stereocenters. The van der Waals surface area contributed by atoms with Crippen LogP contribution in [0.5, 0.6) is 0 Å². The molecule has 3 rings (SSSR count). The Labute approximate surface area is 136 Å². The minimum atomic E-state index is -4.46. The van der Waals surface area contributed by atoms with E-state index in [1.807, 2.05) is 0 Å². The molecule has 24 heavy (non-hydrogen) atoms. The van der Waals surface area contributed by atoms with Crippen LogP contribution in [-0.4, -0.2) is 42.2 Å². The SMILES string of the molecule is CCNC(=O)C1C2=NCC(=O)N2CC1c1cccc(C(F)(F)F)c1. The molecule has 1 aromatic carbocycles. The van der Waals surface area contributed by atoms with Gasteiger partial charge in [-0.3, -0.25) is 19.5 Å². The van der Waals surface area contributed by atoms with E-state index in [9.17, 15) is 22.8 Å². The lowest BCUT2D eigenvalue weighted by Crippen LogP contribution is -2.37. The normalized spacial score (nSPS) is 23.2. The molecule has 2 amide bonds. The third kappa shape index (κ3) is 2.76. The van der Waals surface area contributed by atoms with Crippen molar-refractivity contribution < 1.29 is 22.8 Å². The van der Waals surface area contributed by atoms with E-state index in [-0.39, 0.29) is 24.9 Å². The van der Waals surface area contributed by atoms with Crippen molar-refractivity contribution in [2.75, 3.05) is 19.6 Å². The molecular formula is C16H16F3N3O2. The van der Waals surface area contributed by atoms with Crippen molar-refractivity contribution in [2.45, 2.75) is 19.0 Å². The highest BCUT2D eigenvalue weighted by molar-refractivity contribution is 6.15. The number of rotatable bonds is 3. The van der Waals surface area contributed by atoms with Crippen molar-refractivity contribution in [3.8, 4) is 0 Å². The van der Waals surface area contributed by atoms with Crippen LogP contribution in [0.1, 0.15) is 24.0 Å². The number of hydrogen-bond donors (Lipinski definition) is 1. The summed E-state index contributed by atoms with van der Waals surface area (Å²) < 4.78 is 38.9. The summed E-state index contributed by atoms with van der Waals surface area (Å²) in [5.41, 5.74) is -0.388. The quantitative estimate of drug-likeness (QED) is 0.913. The maximum atomic E-state index is 13.0. The van der Waals surface area contributed by atoms with Gasteiger partial charge in [-0.1, -0.05) is 18.2 Å². The molecule has 2 aliphatic heterocycles. The summed E-state index contributed by atoms with van der Waals surface area (Å²) in [5, 5.41) is 2.68. The van der Waals surface area contributed by atoms with Crippen LogP contribution in [0.3, 0.4) is 0 Å². The predicted molar refractivity (Wildman–Crippen MR) is 80.4 cm³/mol. The number of halogens is 3. The van der Waals surface area contributed by atoms with Gasteiger partial charge in [0.2, 0.25) is 11.8 Å². The van der Waals surface area contributed by atoms with Crippen LogP contribution >= 0.6 is 0 Å². The molecule has 0 aromatic heterocycles. The zero-order valence-electron chi connectivity index (χ0n) is 12.9. The summed E-state index contributed by atoms with van der Waals surface area (Å²) in [7, 11) is 0. The Morgan fingerprint density at radius 3 is 2.83 bits per heavy atom. The maximum absolute atomic E-state index is 13.0. The smallest absolute Gasteiger partial charge is 0.356 e. The largest absolute Gasteiger partial charge is 0.416 e. The zero-order chi connectivity index (χ0) is 17.5. The second-order valence-electron chi connectivity index (χ2n) is 5.78. The molecule has 128 valence electrons. The standard InChI is InChI=1S/C16H16F3N3O2/c1-2-20-15(24)13-11(8-22-12(23)7-21-14(13)22)9-4-3-5-10(6-9)16(17,18)19/h3-6,11,13H,2,7-8H2,1H3,(H,20,24). The number of carbonyl (C=O) groups excluding carboxylic acids is 2. The minimum absolute atomic E-state index is 0.0133. The van der Waals surface area contributed by atoms with Crippen molar-refractivity contribution in [1.29, 1.82) is 0 Å². The Morgan fingerprint density at radius 2 is 2.17 bits per heavy atom. The molecule has 0 saturated carbocycles. The fourth-order valence-corrected chi connectivity index (χ4v) is 3.22. The van der Waals surface area contributed by atoms with E-state index in [1.165, 1.54) is 11.0 Å². The van der Waals surface area contributed by atoms with E-state index >= 15 is 0 Å².